The van der Waals surface area contributed by atoms with Gasteiger partial charge in [-0.3, -0.25) is 9.80 Å². The van der Waals surface area contributed by atoms with Crippen LogP contribution in [0.1, 0.15) is 16.7 Å². The third-order valence-electron chi connectivity index (χ3n) is 3.86. The lowest BCUT2D eigenvalue weighted by Gasteiger charge is -2.34. The van der Waals surface area contributed by atoms with Crippen molar-refractivity contribution in [3.05, 3.63) is 34.9 Å². The Labute approximate surface area is 110 Å². The maximum absolute atomic E-state index is 8.92. The minimum atomic E-state index is 0.275. The Hall–Kier alpha value is -0.900. The van der Waals surface area contributed by atoms with Crippen molar-refractivity contribution in [2.45, 2.75) is 20.4 Å². The van der Waals surface area contributed by atoms with Crippen LogP contribution in [0, 0.1) is 13.8 Å². The summed E-state index contributed by atoms with van der Waals surface area (Å²) in [4.78, 5) is 4.83. The van der Waals surface area contributed by atoms with Gasteiger partial charge in [-0.05, 0) is 30.5 Å². The predicted molar refractivity (Wildman–Crippen MR) is 74.7 cm³/mol. The number of aliphatic hydroxyl groups excluding tert-OH is 1. The minimum Gasteiger partial charge on any atom is -0.395 e. The molecule has 0 bridgehead atoms. The normalized spacial score (nSPS) is 18.2. The van der Waals surface area contributed by atoms with Gasteiger partial charge in [0.25, 0.3) is 0 Å². The van der Waals surface area contributed by atoms with Gasteiger partial charge in [0.15, 0.2) is 0 Å². The van der Waals surface area contributed by atoms with Crippen LogP contribution in [0.5, 0.6) is 0 Å². The van der Waals surface area contributed by atoms with Crippen LogP contribution in [0.2, 0.25) is 0 Å². The van der Waals surface area contributed by atoms with Gasteiger partial charge in [0.2, 0.25) is 0 Å². The van der Waals surface area contributed by atoms with E-state index in [0.29, 0.717) is 0 Å². The molecule has 1 aromatic rings. The van der Waals surface area contributed by atoms with E-state index in [4.69, 9.17) is 5.11 Å². The van der Waals surface area contributed by atoms with Gasteiger partial charge >= 0.3 is 0 Å². The van der Waals surface area contributed by atoms with Crippen LogP contribution in [0.25, 0.3) is 0 Å². The number of rotatable bonds is 4. The van der Waals surface area contributed by atoms with E-state index in [1.807, 2.05) is 0 Å². The molecule has 1 heterocycles. The van der Waals surface area contributed by atoms with Gasteiger partial charge in [0.05, 0.1) is 6.61 Å². The van der Waals surface area contributed by atoms with Crippen LogP contribution in [-0.4, -0.2) is 54.2 Å². The second-order valence-electron chi connectivity index (χ2n) is 5.26. The number of hydrogen-bond donors (Lipinski definition) is 1. The van der Waals surface area contributed by atoms with E-state index in [1.165, 1.54) is 16.7 Å². The Bertz CT molecular complexity index is 384. The Morgan fingerprint density at radius 2 is 1.67 bits per heavy atom. The van der Waals surface area contributed by atoms with Gasteiger partial charge in [0.1, 0.15) is 0 Å². The molecule has 2 rings (SSSR count). The number of aryl methyl sites for hydroxylation is 2. The van der Waals surface area contributed by atoms with Crippen LogP contribution in [-0.2, 0) is 6.54 Å². The number of aliphatic hydroxyl groups is 1. The first-order valence-corrected chi connectivity index (χ1v) is 6.81. The van der Waals surface area contributed by atoms with Crippen LogP contribution in [0.3, 0.4) is 0 Å². The SMILES string of the molecule is Cc1ccc(CN2CCN(CCO)CC2)cc1C. The summed E-state index contributed by atoms with van der Waals surface area (Å²) in [6, 6.07) is 6.75. The first-order valence-electron chi connectivity index (χ1n) is 6.81. The molecule has 0 saturated carbocycles. The highest BCUT2D eigenvalue weighted by atomic mass is 16.3. The topological polar surface area (TPSA) is 26.7 Å². The average molecular weight is 248 g/mol. The Morgan fingerprint density at radius 1 is 1.00 bits per heavy atom. The third-order valence-corrected chi connectivity index (χ3v) is 3.86. The van der Waals surface area contributed by atoms with Crippen LogP contribution < -0.4 is 0 Å². The molecule has 0 spiro atoms. The summed E-state index contributed by atoms with van der Waals surface area (Å²) in [7, 11) is 0. The zero-order valence-corrected chi connectivity index (χ0v) is 11.5. The standard InChI is InChI=1S/C15H24N2O/c1-13-3-4-15(11-14(13)2)12-17-7-5-16(6-8-17)9-10-18/h3-4,11,18H,5-10,12H2,1-2H3. The monoisotopic (exact) mass is 248 g/mol. The summed E-state index contributed by atoms with van der Waals surface area (Å²) in [6.45, 7) is 10.8. The van der Waals surface area contributed by atoms with Crippen molar-refractivity contribution in [2.75, 3.05) is 39.3 Å². The molecule has 1 aliphatic heterocycles. The van der Waals surface area contributed by atoms with E-state index in [0.717, 1.165) is 39.3 Å². The van der Waals surface area contributed by atoms with Crippen molar-refractivity contribution in [1.29, 1.82) is 0 Å². The molecule has 0 aromatic heterocycles. The minimum absolute atomic E-state index is 0.275. The zero-order chi connectivity index (χ0) is 13.0. The molecule has 1 aliphatic rings. The highest BCUT2D eigenvalue weighted by molar-refractivity contribution is 5.29. The summed E-state index contributed by atoms with van der Waals surface area (Å²) in [5.41, 5.74) is 4.16. The second-order valence-corrected chi connectivity index (χ2v) is 5.26. The lowest BCUT2D eigenvalue weighted by Crippen LogP contribution is -2.46. The lowest BCUT2D eigenvalue weighted by atomic mass is 10.1. The summed E-state index contributed by atoms with van der Waals surface area (Å²) in [6.07, 6.45) is 0. The molecule has 0 aliphatic carbocycles. The van der Waals surface area contributed by atoms with E-state index >= 15 is 0 Å². The van der Waals surface area contributed by atoms with Crippen molar-refractivity contribution in [1.82, 2.24) is 9.80 Å². The van der Waals surface area contributed by atoms with Gasteiger partial charge in [-0.1, -0.05) is 18.2 Å². The number of benzene rings is 1. The largest absolute Gasteiger partial charge is 0.395 e. The number of piperazine rings is 1. The molecule has 1 aromatic carbocycles. The summed E-state index contributed by atoms with van der Waals surface area (Å²) in [5.74, 6) is 0. The number of nitrogens with zero attached hydrogens (tertiary/aromatic N) is 2. The number of β-amino-alcohol motifs (C(OH)–C–C–N with tert-alkyl or cyclic N) is 1. The van der Waals surface area contributed by atoms with Crippen LogP contribution in [0.15, 0.2) is 18.2 Å². The number of hydrogen-bond acceptors (Lipinski definition) is 3. The molecule has 18 heavy (non-hydrogen) atoms. The summed E-state index contributed by atoms with van der Waals surface area (Å²) < 4.78 is 0. The van der Waals surface area contributed by atoms with E-state index in [-0.39, 0.29) is 6.61 Å². The van der Waals surface area contributed by atoms with E-state index < -0.39 is 0 Å². The molecule has 3 heteroatoms. The highest BCUT2D eigenvalue weighted by Crippen LogP contribution is 2.13. The van der Waals surface area contributed by atoms with E-state index in [2.05, 4.69) is 41.8 Å². The van der Waals surface area contributed by atoms with Crippen LogP contribution >= 0.6 is 0 Å². The molecule has 0 unspecified atom stereocenters. The Balaban J connectivity index is 1.85. The zero-order valence-electron chi connectivity index (χ0n) is 11.5. The lowest BCUT2D eigenvalue weighted by molar-refractivity contribution is 0.108. The molecule has 0 amide bonds. The van der Waals surface area contributed by atoms with Crippen LogP contribution in [0.4, 0.5) is 0 Å². The third kappa shape index (κ3) is 3.55. The van der Waals surface area contributed by atoms with Crippen molar-refractivity contribution in [3.8, 4) is 0 Å². The first-order chi connectivity index (χ1) is 8.69. The quantitative estimate of drug-likeness (QED) is 0.873. The molecular formula is C15H24N2O. The molecule has 0 radical (unpaired) electrons. The first kappa shape index (κ1) is 13.5. The summed E-state index contributed by atoms with van der Waals surface area (Å²) in [5, 5.41) is 8.92. The molecule has 0 atom stereocenters. The highest BCUT2D eigenvalue weighted by Gasteiger charge is 2.16. The van der Waals surface area contributed by atoms with Crippen molar-refractivity contribution in [2.24, 2.45) is 0 Å². The fourth-order valence-corrected chi connectivity index (χ4v) is 2.47. The van der Waals surface area contributed by atoms with E-state index in [1.54, 1.807) is 0 Å². The van der Waals surface area contributed by atoms with Gasteiger partial charge in [-0.25, -0.2) is 0 Å². The smallest absolute Gasteiger partial charge is 0.0558 e. The Morgan fingerprint density at radius 3 is 2.28 bits per heavy atom. The average Bonchev–Trinajstić information content (AvgIpc) is 2.37. The fourth-order valence-electron chi connectivity index (χ4n) is 2.47. The summed E-state index contributed by atoms with van der Waals surface area (Å²) >= 11 is 0. The second kappa shape index (κ2) is 6.32. The van der Waals surface area contributed by atoms with Gasteiger partial charge in [-0.2, -0.15) is 0 Å². The molecule has 100 valence electrons. The van der Waals surface area contributed by atoms with Crippen molar-refractivity contribution < 1.29 is 5.11 Å². The maximum Gasteiger partial charge on any atom is 0.0558 e. The van der Waals surface area contributed by atoms with Gasteiger partial charge in [0, 0.05) is 39.3 Å². The van der Waals surface area contributed by atoms with Crippen molar-refractivity contribution >= 4 is 0 Å². The Kier molecular flexibility index (Phi) is 4.75. The predicted octanol–water partition coefficient (Wildman–Crippen LogP) is 1.41. The van der Waals surface area contributed by atoms with Crippen molar-refractivity contribution in [3.63, 3.8) is 0 Å². The maximum atomic E-state index is 8.92. The molecule has 1 N–H and O–H groups in total. The molecule has 1 fully saturated rings. The van der Waals surface area contributed by atoms with Gasteiger partial charge in [-0.15, -0.1) is 0 Å². The van der Waals surface area contributed by atoms with Gasteiger partial charge < -0.3 is 5.11 Å². The van der Waals surface area contributed by atoms with E-state index in [9.17, 15) is 0 Å². The molecular weight excluding hydrogens is 224 g/mol. The molecule has 1 saturated heterocycles. The molecule has 3 nitrogen and oxygen atoms in total. The fraction of sp³-hybridized carbons (Fsp3) is 0.600.